The molecule has 0 aliphatic rings. The summed E-state index contributed by atoms with van der Waals surface area (Å²) in [4.78, 5) is 0. The zero-order valence-electron chi connectivity index (χ0n) is 10.3. The van der Waals surface area contributed by atoms with Gasteiger partial charge in [0, 0.05) is 20.2 Å². The zero-order chi connectivity index (χ0) is 12.7. The van der Waals surface area contributed by atoms with E-state index in [1.807, 2.05) is 17.4 Å². The van der Waals surface area contributed by atoms with Gasteiger partial charge in [-0.2, -0.15) is 0 Å². The topological polar surface area (TPSA) is 0 Å². The van der Waals surface area contributed by atoms with Crippen LogP contribution in [0.25, 0.3) is 31.3 Å². The van der Waals surface area contributed by atoms with Crippen LogP contribution in [0, 0.1) is 6.07 Å². The van der Waals surface area contributed by atoms with E-state index in [0.29, 0.717) is 0 Å². The summed E-state index contributed by atoms with van der Waals surface area (Å²) in [6.45, 7) is 0. The fourth-order valence-electron chi connectivity index (χ4n) is 2.55. The van der Waals surface area contributed by atoms with Crippen molar-refractivity contribution >= 4 is 31.5 Å². The maximum Gasteiger partial charge on any atom is 0.0361 e. The van der Waals surface area contributed by atoms with Crippen molar-refractivity contribution < 1.29 is 0 Å². The Morgan fingerprint density at radius 3 is 2.47 bits per heavy atom. The molecule has 0 unspecified atom stereocenters. The highest BCUT2D eigenvalue weighted by atomic mass is 32.1. The Labute approximate surface area is 115 Å². The predicted octanol–water partition coefficient (Wildman–Crippen LogP) is 5.52. The number of fused-ring (bicyclic) bond motifs is 3. The fourth-order valence-corrected chi connectivity index (χ4v) is 3.66. The Morgan fingerprint density at radius 1 is 0.737 bits per heavy atom. The third-order valence-electron chi connectivity index (χ3n) is 3.40. The quantitative estimate of drug-likeness (QED) is 0.422. The van der Waals surface area contributed by atoms with Crippen LogP contribution in [0.15, 0.2) is 66.7 Å². The number of rotatable bonds is 1. The van der Waals surface area contributed by atoms with Crippen molar-refractivity contribution in [2.24, 2.45) is 0 Å². The Kier molecular flexibility index (Phi) is 2.39. The minimum atomic E-state index is 1.24. The number of benzene rings is 3. The lowest BCUT2D eigenvalue weighted by Crippen LogP contribution is -1.78. The first-order valence-corrected chi connectivity index (χ1v) is 7.12. The van der Waals surface area contributed by atoms with Crippen LogP contribution < -0.4 is 0 Å². The summed E-state index contributed by atoms with van der Waals surface area (Å²) < 4.78 is 2.64. The molecule has 0 aliphatic carbocycles. The molecule has 0 bridgehead atoms. The molecule has 3 aromatic carbocycles. The summed E-state index contributed by atoms with van der Waals surface area (Å²) in [6.07, 6.45) is 0. The van der Waals surface area contributed by atoms with Crippen LogP contribution in [0.1, 0.15) is 0 Å². The van der Waals surface area contributed by atoms with Gasteiger partial charge < -0.3 is 0 Å². The molecule has 0 nitrogen and oxygen atoms in total. The predicted molar refractivity (Wildman–Crippen MR) is 83.6 cm³/mol. The van der Waals surface area contributed by atoms with E-state index in [4.69, 9.17) is 0 Å². The van der Waals surface area contributed by atoms with Gasteiger partial charge in [0.05, 0.1) is 0 Å². The summed E-state index contributed by atoms with van der Waals surface area (Å²) >= 11 is 1.84. The van der Waals surface area contributed by atoms with E-state index in [9.17, 15) is 0 Å². The van der Waals surface area contributed by atoms with Crippen LogP contribution in [0.2, 0.25) is 0 Å². The highest BCUT2D eigenvalue weighted by Gasteiger charge is 2.09. The van der Waals surface area contributed by atoms with Crippen molar-refractivity contribution in [3.63, 3.8) is 0 Å². The van der Waals surface area contributed by atoms with Crippen molar-refractivity contribution in [3.8, 4) is 11.1 Å². The van der Waals surface area contributed by atoms with Crippen molar-refractivity contribution in [1.29, 1.82) is 0 Å². The minimum absolute atomic E-state index is 1.24. The molecular formula is C18H11S. The summed E-state index contributed by atoms with van der Waals surface area (Å²) in [6, 6.07) is 26.7. The average Bonchev–Trinajstić information content (AvgIpc) is 2.86. The molecule has 0 spiro atoms. The standard InChI is InChI=1S/C18H11S/c1-2-7-13(8-3-1)14-10-6-12-17-18(14)15-9-4-5-11-16(15)19-17/h1-8,10-12H. The molecule has 1 aromatic heterocycles. The van der Waals surface area contributed by atoms with Gasteiger partial charge >= 0.3 is 0 Å². The van der Waals surface area contributed by atoms with Crippen LogP contribution in [0.3, 0.4) is 0 Å². The molecule has 0 saturated heterocycles. The van der Waals surface area contributed by atoms with Gasteiger partial charge in [0.15, 0.2) is 0 Å². The lowest BCUT2D eigenvalue weighted by Gasteiger charge is -2.04. The van der Waals surface area contributed by atoms with Crippen LogP contribution in [0.4, 0.5) is 0 Å². The van der Waals surface area contributed by atoms with Gasteiger partial charge in [-0.3, -0.25) is 0 Å². The number of hydrogen-bond acceptors (Lipinski definition) is 1. The second-order valence-electron chi connectivity index (χ2n) is 4.56. The zero-order valence-corrected chi connectivity index (χ0v) is 11.1. The molecule has 19 heavy (non-hydrogen) atoms. The molecule has 0 N–H and O–H groups in total. The Bertz CT molecular complexity index is 857. The van der Waals surface area contributed by atoms with E-state index in [1.54, 1.807) is 0 Å². The van der Waals surface area contributed by atoms with Crippen LogP contribution >= 0.6 is 11.3 Å². The summed E-state index contributed by atoms with van der Waals surface area (Å²) in [5.74, 6) is 0. The van der Waals surface area contributed by atoms with Gasteiger partial charge in [-0.1, -0.05) is 54.6 Å². The Balaban J connectivity index is 2.17. The first-order chi connectivity index (χ1) is 9.43. The Morgan fingerprint density at radius 2 is 1.58 bits per heavy atom. The molecule has 1 heterocycles. The highest BCUT2D eigenvalue weighted by molar-refractivity contribution is 7.25. The molecular weight excluding hydrogens is 248 g/mol. The van der Waals surface area contributed by atoms with Crippen LogP contribution in [0.5, 0.6) is 0 Å². The van der Waals surface area contributed by atoms with E-state index in [1.165, 1.54) is 31.3 Å². The summed E-state index contributed by atoms with van der Waals surface area (Å²) in [5.41, 5.74) is 2.57. The number of hydrogen-bond donors (Lipinski definition) is 0. The van der Waals surface area contributed by atoms with Gasteiger partial charge in [-0.25, -0.2) is 0 Å². The van der Waals surface area contributed by atoms with Crippen molar-refractivity contribution in [2.45, 2.75) is 0 Å². The average molecular weight is 259 g/mol. The third-order valence-corrected chi connectivity index (χ3v) is 4.52. The SMILES string of the molecule is [c]1cccc2sc3cccc(-c4ccccc4)c3c12. The highest BCUT2D eigenvalue weighted by Crippen LogP contribution is 2.39. The molecule has 0 amide bonds. The van der Waals surface area contributed by atoms with E-state index in [0.717, 1.165) is 0 Å². The minimum Gasteiger partial charge on any atom is -0.135 e. The molecule has 4 aromatic rings. The molecule has 89 valence electrons. The van der Waals surface area contributed by atoms with Gasteiger partial charge in [0.25, 0.3) is 0 Å². The van der Waals surface area contributed by atoms with E-state index in [2.05, 4.69) is 66.7 Å². The van der Waals surface area contributed by atoms with Gasteiger partial charge in [-0.05, 0) is 29.3 Å². The molecule has 0 saturated carbocycles. The second-order valence-corrected chi connectivity index (χ2v) is 5.64. The van der Waals surface area contributed by atoms with Crippen LogP contribution in [-0.2, 0) is 0 Å². The maximum atomic E-state index is 3.39. The fraction of sp³-hybridized carbons (Fsp3) is 0. The van der Waals surface area contributed by atoms with Crippen LogP contribution in [-0.4, -0.2) is 0 Å². The summed E-state index contributed by atoms with van der Waals surface area (Å²) in [7, 11) is 0. The summed E-state index contributed by atoms with van der Waals surface area (Å²) in [5, 5.41) is 2.57. The largest absolute Gasteiger partial charge is 0.135 e. The van der Waals surface area contributed by atoms with Crippen molar-refractivity contribution in [1.82, 2.24) is 0 Å². The monoisotopic (exact) mass is 259 g/mol. The lowest BCUT2D eigenvalue weighted by atomic mass is 10.00. The van der Waals surface area contributed by atoms with Gasteiger partial charge in [-0.15, -0.1) is 11.3 Å². The molecule has 0 atom stereocenters. The third kappa shape index (κ3) is 1.66. The normalized spacial score (nSPS) is 11.2. The smallest absolute Gasteiger partial charge is 0.0361 e. The van der Waals surface area contributed by atoms with E-state index < -0.39 is 0 Å². The van der Waals surface area contributed by atoms with Crippen molar-refractivity contribution in [2.75, 3.05) is 0 Å². The molecule has 4 rings (SSSR count). The van der Waals surface area contributed by atoms with Gasteiger partial charge in [0.2, 0.25) is 0 Å². The number of thiophene rings is 1. The molecule has 1 heteroatoms. The second kappa shape index (κ2) is 4.22. The lowest BCUT2D eigenvalue weighted by molar-refractivity contribution is 1.67. The van der Waals surface area contributed by atoms with E-state index >= 15 is 0 Å². The maximum absolute atomic E-state index is 3.39. The first-order valence-electron chi connectivity index (χ1n) is 6.31. The molecule has 0 fully saturated rings. The molecule has 1 radical (unpaired) electrons. The van der Waals surface area contributed by atoms with Gasteiger partial charge in [0.1, 0.15) is 0 Å². The van der Waals surface area contributed by atoms with E-state index in [-0.39, 0.29) is 0 Å². The Hall–Kier alpha value is -2.12. The molecule has 0 aliphatic heterocycles. The van der Waals surface area contributed by atoms with Crippen molar-refractivity contribution in [3.05, 3.63) is 72.8 Å². The first kappa shape index (κ1) is 10.8.